The average Bonchev–Trinajstić information content (AvgIpc) is 2.46. The number of aromatic nitrogens is 1. The molecule has 0 aliphatic carbocycles. The quantitative estimate of drug-likeness (QED) is 0.770. The molecule has 1 amide bonds. The van der Waals surface area contributed by atoms with Gasteiger partial charge < -0.3 is 15.5 Å². The maximum atomic E-state index is 11.9. The maximum absolute atomic E-state index is 11.9. The number of nitriles is 1. The van der Waals surface area contributed by atoms with Crippen LogP contribution < -0.4 is 10.6 Å². The van der Waals surface area contributed by atoms with Crippen molar-refractivity contribution < 1.29 is 4.79 Å². The van der Waals surface area contributed by atoms with Crippen molar-refractivity contribution in [2.75, 3.05) is 38.0 Å². The molecule has 6 nitrogen and oxygen atoms in total. The summed E-state index contributed by atoms with van der Waals surface area (Å²) in [6, 6.07) is 5.37. The number of carbonyl (C=O) groups is 1. The van der Waals surface area contributed by atoms with Gasteiger partial charge in [0.2, 0.25) is 5.91 Å². The first kappa shape index (κ1) is 12.3. The lowest BCUT2D eigenvalue weighted by Crippen LogP contribution is -2.48. The summed E-state index contributed by atoms with van der Waals surface area (Å²) < 4.78 is 0. The van der Waals surface area contributed by atoms with Crippen LogP contribution >= 0.6 is 0 Å². The highest BCUT2D eigenvalue weighted by atomic mass is 16.2. The van der Waals surface area contributed by atoms with Crippen LogP contribution in [-0.2, 0) is 4.79 Å². The van der Waals surface area contributed by atoms with E-state index in [2.05, 4.69) is 15.6 Å². The number of amides is 1. The lowest BCUT2D eigenvalue weighted by Gasteiger charge is -2.27. The minimum absolute atomic E-state index is 0.0719. The minimum atomic E-state index is 0.0719. The van der Waals surface area contributed by atoms with Crippen LogP contribution in [0.3, 0.4) is 0 Å². The van der Waals surface area contributed by atoms with Gasteiger partial charge in [-0.3, -0.25) is 4.79 Å². The normalized spacial score (nSPS) is 14.9. The van der Waals surface area contributed by atoms with E-state index in [0.29, 0.717) is 11.4 Å². The molecular formula is C12H15N5O. The minimum Gasteiger partial charge on any atom is -0.361 e. The van der Waals surface area contributed by atoms with E-state index in [0.717, 1.165) is 26.2 Å². The van der Waals surface area contributed by atoms with E-state index in [1.165, 1.54) is 6.20 Å². The molecule has 0 aromatic carbocycles. The summed E-state index contributed by atoms with van der Waals surface area (Å²) in [5.41, 5.74) is 0.508. The molecule has 0 saturated carbocycles. The summed E-state index contributed by atoms with van der Waals surface area (Å²) in [6.07, 6.45) is 1.48. The first-order valence-electron chi connectivity index (χ1n) is 5.88. The smallest absolute Gasteiger partial charge is 0.242 e. The van der Waals surface area contributed by atoms with E-state index in [4.69, 9.17) is 5.26 Å². The Labute approximate surface area is 106 Å². The topological polar surface area (TPSA) is 81.0 Å². The van der Waals surface area contributed by atoms with Crippen LogP contribution in [0.25, 0.3) is 0 Å². The molecule has 1 saturated heterocycles. The largest absolute Gasteiger partial charge is 0.361 e. The molecule has 1 fully saturated rings. The second kappa shape index (κ2) is 5.98. The van der Waals surface area contributed by atoms with Crippen molar-refractivity contribution in [3.63, 3.8) is 0 Å². The van der Waals surface area contributed by atoms with E-state index in [-0.39, 0.29) is 12.5 Å². The molecule has 2 N–H and O–H groups in total. The molecule has 0 atom stereocenters. The fourth-order valence-electron chi connectivity index (χ4n) is 1.76. The van der Waals surface area contributed by atoms with Gasteiger partial charge in [0.05, 0.1) is 12.1 Å². The summed E-state index contributed by atoms with van der Waals surface area (Å²) in [6.45, 7) is 3.43. The number of hydrogen-bond donors (Lipinski definition) is 2. The molecule has 0 radical (unpaired) electrons. The zero-order valence-corrected chi connectivity index (χ0v) is 10.0. The van der Waals surface area contributed by atoms with Crippen LogP contribution in [0, 0.1) is 11.3 Å². The van der Waals surface area contributed by atoms with E-state index in [9.17, 15) is 4.79 Å². The number of piperazine rings is 1. The summed E-state index contributed by atoms with van der Waals surface area (Å²) in [5, 5.41) is 14.8. The Bertz CT molecular complexity index is 445. The van der Waals surface area contributed by atoms with E-state index in [1.807, 2.05) is 11.0 Å². The van der Waals surface area contributed by atoms with Crippen molar-refractivity contribution in [3.05, 3.63) is 23.9 Å². The zero-order chi connectivity index (χ0) is 12.8. The first-order chi connectivity index (χ1) is 8.79. The Balaban J connectivity index is 1.83. The number of carbonyl (C=O) groups excluding carboxylic acids is 1. The van der Waals surface area contributed by atoms with Gasteiger partial charge in [-0.2, -0.15) is 5.26 Å². The third kappa shape index (κ3) is 3.18. The zero-order valence-electron chi connectivity index (χ0n) is 10.0. The predicted molar refractivity (Wildman–Crippen MR) is 66.9 cm³/mol. The number of hydrogen-bond acceptors (Lipinski definition) is 5. The molecule has 0 bridgehead atoms. The Kier molecular flexibility index (Phi) is 4.10. The lowest BCUT2D eigenvalue weighted by molar-refractivity contribution is -0.129. The van der Waals surface area contributed by atoms with Crippen LogP contribution in [-0.4, -0.2) is 48.5 Å². The van der Waals surface area contributed by atoms with E-state index < -0.39 is 0 Å². The second-order valence-corrected chi connectivity index (χ2v) is 4.03. The SMILES string of the molecule is N#Cc1ccc(NCC(=O)N2CCNCC2)nc1. The number of nitrogens with zero attached hydrogens (tertiary/aromatic N) is 3. The fourth-order valence-corrected chi connectivity index (χ4v) is 1.76. The number of pyridine rings is 1. The standard InChI is InChI=1S/C12H15N5O/c13-7-10-1-2-11(15-8-10)16-9-12(18)17-5-3-14-4-6-17/h1-2,8,14H,3-6,9H2,(H,15,16). The summed E-state index contributed by atoms with van der Waals surface area (Å²) in [7, 11) is 0. The second-order valence-electron chi connectivity index (χ2n) is 4.03. The van der Waals surface area contributed by atoms with Crippen LogP contribution in [0.5, 0.6) is 0 Å². The molecule has 2 heterocycles. The van der Waals surface area contributed by atoms with Crippen LogP contribution in [0.15, 0.2) is 18.3 Å². The van der Waals surface area contributed by atoms with Crippen molar-refractivity contribution in [1.82, 2.24) is 15.2 Å². The number of rotatable bonds is 3. The van der Waals surface area contributed by atoms with Gasteiger partial charge in [0.15, 0.2) is 0 Å². The molecule has 1 aromatic heterocycles. The molecule has 1 aromatic rings. The van der Waals surface area contributed by atoms with Gasteiger partial charge in [0.1, 0.15) is 11.9 Å². The molecule has 18 heavy (non-hydrogen) atoms. The van der Waals surface area contributed by atoms with Gasteiger partial charge in [0, 0.05) is 32.4 Å². The average molecular weight is 245 g/mol. The third-order valence-corrected chi connectivity index (χ3v) is 2.78. The highest BCUT2D eigenvalue weighted by molar-refractivity contribution is 5.80. The molecule has 94 valence electrons. The van der Waals surface area contributed by atoms with Gasteiger partial charge in [-0.15, -0.1) is 0 Å². The maximum Gasteiger partial charge on any atom is 0.242 e. The monoisotopic (exact) mass is 245 g/mol. The van der Waals surface area contributed by atoms with Crippen LogP contribution in [0.1, 0.15) is 5.56 Å². The van der Waals surface area contributed by atoms with Crippen molar-refractivity contribution in [2.24, 2.45) is 0 Å². The molecule has 2 rings (SSSR count). The van der Waals surface area contributed by atoms with Gasteiger partial charge in [0.25, 0.3) is 0 Å². The fraction of sp³-hybridized carbons (Fsp3) is 0.417. The Morgan fingerprint density at radius 3 is 2.89 bits per heavy atom. The predicted octanol–water partition coefficient (Wildman–Crippen LogP) is -0.203. The van der Waals surface area contributed by atoms with E-state index in [1.54, 1.807) is 12.1 Å². The van der Waals surface area contributed by atoms with Gasteiger partial charge in [-0.1, -0.05) is 0 Å². The highest BCUT2D eigenvalue weighted by Crippen LogP contribution is 2.04. The van der Waals surface area contributed by atoms with Crippen LogP contribution in [0.4, 0.5) is 5.82 Å². The van der Waals surface area contributed by atoms with Crippen molar-refractivity contribution in [1.29, 1.82) is 5.26 Å². The van der Waals surface area contributed by atoms with E-state index >= 15 is 0 Å². The molecule has 1 aliphatic rings. The Hall–Kier alpha value is -2.13. The van der Waals surface area contributed by atoms with Gasteiger partial charge >= 0.3 is 0 Å². The summed E-state index contributed by atoms with van der Waals surface area (Å²) in [4.78, 5) is 17.7. The van der Waals surface area contributed by atoms with Crippen molar-refractivity contribution in [3.8, 4) is 6.07 Å². The summed E-state index contributed by atoms with van der Waals surface area (Å²) >= 11 is 0. The molecule has 0 unspecified atom stereocenters. The number of nitrogens with one attached hydrogen (secondary N) is 2. The highest BCUT2D eigenvalue weighted by Gasteiger charge is 2.15. The molecule has 0 spiro atoms. The van der Waals surface area contributed by atoms with Crippen LogP contribution in [0.2, 0.25) is 0 Å². The molecule has 1 aliphatic heterocycles. The number of anilines is 1. The van der Waals surface area contributed by atoms with Gasteiger partial charge in [-0.25, -0.2) is 4.98 Å². The summed E-state index contributed by atoms with van der Waals surface area (Å²) in [5.74, 6) is 0.681. The van der Waals surface area contributed by atoms with Crippen molar-refractivity contribution >= 4 is 11.7 Å². The van der Waals surface area contributed by atoms with Gasteiger partial charge in [-0.05, 0) is 12.1 Å². The third-order valence-electron chi connectivity index (χ3n) is 2.78. The first-order valence-corrected chi connectivity index (χ1v) is 5.88. The van der Waals surface area contributed by atoms with Crippen molar-refractivity contribution in [2.45, 2.75) is 0 Å². The lowest BCUT2D eigenvalue weighted by atomic mass is 10.3. The Morgan fingerprint density at radius 2 is 2.28 bits per heavy atom. The Morgan fingerprint density at radius 1 is 1.50 bits per heavy atom. The molecular weight excluding hydrogens is 230 g/mol. The molecule has 6 heteroatoms.